The molecule has 0 aromatic carbocycles. The molecule has 1 fully saturated rings. The minimum Gasteiger partial charge on any atom is -0.469 e. The van der Waals surface area contributed by atoms with Crippen molar-refractivity contribution in [3.8, 4) is 0 Å². The van der Waals surface area contributed by atoms with E-state index < -0.39 is 15.6 Å². The minimum atomic E-state index is -3.29. The maximum Gasteiger partial charge on any atom is 0.308 e. The summed E-state index contributed by atoms with van der Waals surface area (Å²) >= 11 is 0. The van der Waals surface area contributed by atoms with E-state index in [1.165, 1.54) is 7.11 Å². The van der Waals surface area contributed by atoms with Gasteiger partial charge in [0, 0.05) is 25.2 Å². The Hall–Kier alpha value is -0.620. The van der Waals surface area contributed by atoms with Gasteiger partial charge in [-0.3, -0.25) is 9.79 Å². The van der Waals surface area contributed by atoms with Gasteiger partial charge in [0.15, 0.2) is 5.96 Å². The number of nitrogens with zero attached hydrogens (tertiary/aromatic N) is 2. The molecule has 0 unspecified atom stereocenters. The molecular formula is C15H31IN4O4S. The Kier molecular flexibility index (Phi) is 10.2. The highest BCUT2D eigenvalue weighted by Gasteiger charge is 2.28. The van der Waals surface area contributed by atoms with E-state index in [0.29, 0.717) is 19.6 Å². The van der Waals surface area contributed by atoms with Gasteiger partial charge in [-0.1, -0.05) is 0 Å². The summed E-state index contributed by atoms with van der Waals surface area (Å²) < 4.78 is 30.2. The molecule has 1 heterocycles. The Morgan fingerprint density at radius 1 is 1.32 bits per heavy atom. The van der Waals surface area contributed by atoms with Gasteiger partial charge in [0.1, 0.15) is 0 Å². The number of piperidine rings is 1. The molecule has 1 saturated heterocycles. The van der Waals surface area contributed by atoms with Gasteiger partial charge >= 0.3 is 5.97 Å². The summed E-state index contributed by atoms with van der Waals surface area (Å²) in [5.41, 5.74) is -0.668. The number of guanidine groups is 1. The molecule has 0 saturated carbocycles. The van der Waals surface area contributed by atoms with Crippen LogP contribution in [0.4, 0.5) is 0 Å². The third-order valence-electron chi connectivity index (χ3n) is 3.75. The Labute approximate surface area is 168 Å². The first-order valence-electron chi connectivity index (χ1n) is 8.18. The van der Waals surface area contributed by atoms with E-state index in [2.05, 4.69) is 19.9 Å². The fraction of sp³-hybridized carbons (Fsp3) is 0.867. The van der Waals surface area contributed by atoms with Crippen molar-refractivity contribution >= 4 is 45.9 Å². The molecule has 0 amide bonds. The normalized spacial score (nSPS) is 17.0. The largest absolute Gasteiger partial charge is 0.469 e. The van der Waals surface area contributed by atoms with Crippen LogP contribution in [0.1, 0.15) is 33.6 Å². The second kappa shape index (κ2) is 10.5. The van der Waals surface area contributed by atoms with E-state index in [0.717, 1.165) is 31.6 Å². The third kappa shape index (κ3) is 9.04. The van der Waals surface area contributed by atoms with Gasteiger partial charge in [0.25, 0.3) is 0 Å². The number of carbonyl (C=O) groups is 1. The molecule has 0 aromatic rings. The number of carbonyl (C=O) groups excluding carboxylic acids is 1. The van der Waals surface area contributed by atoms with E-state index in [4.69, 9.17) is 4.74 Å². The molecule has 0 aliphatic carbocycles. The molecule has 10 heteroatoms. The van der Waals surface area contributed by atoms with Gasteiger partial charge in [0.2, 0.25) is 10.0 Å². The van der Waals surface area contributed by atoms with Crippen LogP contribution in [0.15, 0.2) is 4.99 Å². The number of aliphatic imine (C=N–C) groups is 1. The molecule has 0 bridgehead atoms. The summed E-state index contributed by atoms with van der Waals surface area (Å²) in [5, 5.41) is 3.23. The molecule has 1 aliphatic rings. The molecular weight excluding hydrogens is 459 g/mol. The number of methoxy groups -OCH3 is 1. The van der Waals surface area contributed by atoms with Gasteiger partial charge in [-0.05, 0) is 33.6 Å². The highest BCUT2D eigenvalue weighted by Crippen LogP contribution is 2.18. The number of esters is 1. The third-order valence-corrected chi connectivity index (χ3v) is 4.67. The summed E-state index contributed by atoms with van der Waals surface area (Å²) in [4.78, 5) is 18.3. The van der Waals surface area contributed by atoms with E-state index in [1.54, 1.807) is 13.8 Å². The number of ether oxygens (including phenoxy) is 1. The van der Waals surface area contributed by atoms with Crippen LogP contribution in [0.3, 0.4) is 0 Å². The summed E-state index contributed by atoms with van der Waals surface area (Å²) in [7, 11) is -1.88. The molecule has 1 aliphatic heterocycles. The van der Waals surface area contributed by atoms with Crippen LogP contribution >= 0.6 is 24.0 Å². The smallest absolute Gasteiger partial charge is 0.308 e. The molecule has 8 nitrogen and oxygen atoms in total. The maximum absolute atomic E-state index is 11.6. The lowest BCUT2D eigenvalue weighted by molar-refractivity contribution is -0.146. The lowest BCUT2D eigenvalue weighted by atomic mass is 9.97. The summed E-state index contributed by atoms with van der Waals surface area (Å²) in [6.45, 7) is 8.04. The van der Waals surface area contributed by atoms with Crippen LogP contribution in [-0.4, -0.2) is 70.3 Å². The summed E-state index contributed by atoms with van der Waals surface area (Å²) in [5.74, 6) is 0.525. The first-order chi connectivity index (χ1) is 11.1. The molecule has 0 atom stereocenters. The average Bonchev–Trinajstić information content (AvgIpc) is 2.48. The van der Waals surface area contributed by atoms with Gasteiger partial charge in [-0.2, -0.15) is 0 Å². The molecule has 25 heavy (non-hydrogen) atoms. The number of rotatable bonds is 6. The zero-order valence-corrected chi connectivity index (χ0v) is 18.8. The summed E-state index contributed by atoms with van der Waals surface area (Å²) in [6, 6.07) is 0. The standard InChI is InChI=1S/C15H30N4O4S.HI/c1-6-16-14(17-11-15(2,3)18-24(5,21)22)19-9-7-12(8-10-19)13(20)23-4;/h12,18H,6-11H2,1-5H3,(H,16,17);1H. The van der Waals surface area contributed by atoms with Gasteiger partial charge < -0.3 is 15.0 Å². The van der Waals surface area contributed by atoms with E-state index in [-0.39, 0.29) is 35.9 Å². The number of halogens is 1. The molecule has 148 valence electrons. The first kappa shape index (κ1) is 24.4. The van der Waals surface area contributed by atoms with Crippen LogP contribution in [0.2, 0.25) is 0 Å². The van der Waals surface area contributed by atoms with Crippen molar-refractivity contribution in [3.05, 3.63) is 0 Å². The van der Waals surface area contributed by atoms with Crippen molar-refractivity contribution < 1.29 is 17.9 Å². The van der Waals surface area contributed by atoms with Crippen molar-refractivity contribution in [1.82, 2.24) is 14.9 Å². The van der Waals surface area contributed by atoms with Crippen molar-refractivity contribution in [1.29, 1.82) is 0 Å². The molecule has 1 rings (SSSR count). The Morgan fingerprint density at radius 3 is 2.32 bits per heavy atom. The van der Waals surface area contributed by atoms with Gasteiger partial charge in [-0.25, -0.2) is 13.1 Å². The van der Waals surface area contributed by atoms with Crippen LogP contribution in [0.25, 0.3) is 0 Å². The van der Waals surface area contributed by atoms with E-state index in [1.807, 2.05) is 6.92 Å². The lowest BCUT2D eigenvalue weighted by Gasteiger charge is -2.34. The average molecular weight is 490 g/mol. The lowest BCUT2D eigenvalue weighted by Crippen LogP contribution is -2.49. The number of hydrogen-bond acceptors (Lipinski definition) is 5. The quantitative estimate of drug-likeness (QED) is 0.247. The number of sulfonamides is 1. The molecule has 0 spiro atoms. The van der Waals surface area contributed by atoms with Gasteiger partial charge in [-0.15, -0.1) is 24.0 Å². The Balaban J connectivity index is 0.00000576. The SMILES string of the molecule is CCNC(=NCC(C)(C)NS(C)(=O)=O)N1CCC(C(=O)OC)CC1.I. The van der Waals surface area contributed by atoms with Gasteiger partial charge in [0.05, 0.1) is 25.8 Å². The molecule has 0 radical (unpaired) electrons. The zero-order valence-electron chi connectivity index (χ0n) is 15.7. The minimum absolute atomic E-state index is 0. The zero-order chi connectivity index (χ0) is 18.4. The number of nitrogens with one attached hydrogen (secondary N) is 2. The maximum atomic E-state index is 11.6. The van der Waals surface area contributed by atoms with Crippen molar-refractivity contribution in [3.63, 3.8) is 0 Å². The van der Waals surface area contributed by atoms with E-state index >= 15 is 0 Å². The first-order valence-corrected chi connectivity index (χ1v) is 10.1. The number of hydrogen-bond donors (Lipinski definition) is 2. The predicted molar refractivity (Wildman–Crippen MR) is 110 cm³/mol. The fourth-order valence-corrected chi connectivity index (χ4v) is 3.79. The highest BCUT2D eigenvalue weighted by atomic mass is 127. The summed E-state index contributed by atoms with van der Waals surface area (Å²) in [6.07, 6.45) is 2.59. The van der Waals surface area contributed by atoms with Crippen molar-refractivity contribution in [2.75, 3.05) is 39.5 Å². The predicted octanol–water partition coefficient (Wildman–Crippen LogP) is 0.783. The second-order valence-electron chi connectivity index (χ2n) is 6.71. The van der Waals surface area contributed by atoms with Crippen molar-refractivity contribution in [2.24, 2.45) is 10.9 Å². The topological polar surface area (TPSA) is 100 Å². The Bertz CT molecular complexity index is 558. The van der Waals surface area contributed by atoms with Crippen LogP contribution in [0.5, 0.6) is 0 Å². The van der Waals surface area contributed by atoms with Crippen LogP contribution in [0, 0.1) is 5.92 Å². The van der Waals surface area contributed by atoms with Crippen molar-refractivity contribution in [2.45, 2.75) is 39.2 Å². The molecule has 0 aromatic heterocycles. The monoisotopic (exact) mass is 490 g/mol. The molecule has 2 N–H and O–H groups in total. The second-order valence-corrected chi connectivity index (χ2v) is 8.46. The highest BCUT2D eigenvalue weighted by molar-refractivity contribution is 14.0. The van der Waals surface area contributed by atoms with Crippen LogP contribution in [-0.2, 0) is 19.6 Å². The van der Waals surface area contributed by atoms with E-state index in [9.17, 15) is 13.2 Å². The number of likely N-dealkylation sites (tertiary alicyclic amines) is 1. The van der Waals surface area contributed by atoms with Crippen LogP contribution < -0.4 is 10.0 Å². The fourth-order valence-electron chi connectivity index (χ4n) is 2.73. The Morgan fingerprint density at radius 2 is 1.88 bits per heavy atom.